The average molecular weight is 454 g/mol. The van der Waals surface area contributed by atoms with Crippen molar-refractivity contribution in [1.29, 1.82) is 0 Å². The van der Waals surface area contributed by atoms with Gasteiger partial charge in [0.1, 0.15) is 10.7 Å². The van der Waals surface area contributed by atoms with Gasteiger partial charge in [0.15, 0.2) is 0 Å². The monoisotopic (exact) mass is 453 g/mol. The maximum absolute atomic E-state index is 13.0. The van der Waals surface area contributed by atoms with E-state index in [0.717, 1.165) is 31.6 Å². The van der Waals surface area contributed by atoms with E-state index in [1.807, 2.05) is 0 Å². The molecule has 0 saturated carbocycles. The van der Waals surface area contributed by atoms with Crippen LogP contribution in [0.1, 0.15) is 30.6 Å². The van der Waals surface area contributed by atoms with Crippen molar-refractivity contribution in [1.82, 2.24) is 10.2 Å². The zero-order valence-corrected chi connectivity index (χ0v) is 18.4. The van der Waals surface area contributed by atoms with Gasteiger partial charge in [0.25, 0.3) is 15.9 Å². The molecule has 1 aliphatic heterocycles. The third kappa shape index (κ3) is 5.50. The Hall–Kier alpha value is -2.16. The summed E-state index contributed by atoms with van der Waals surface area (Å²) in [6.45, 7) is 6.77. The molecule has 1 aliphatic rings. The second kappa shape index (κ2) is 9.32. The third-order valence-corrected chi connectivity index (χ3v) is 7.04. The highest BCUT2D eigenvalue weighted by atomic mass is 35.5. The SMILES string of the molecule is CC(C)N1CCC(CNC(=O)c2ccc(Cl)c(S(=O)(=O)Nc3ccc(F)cc3)c2)C1. The van der Waals surface area contributed by atoms with E-state index in [1.54, 1.807) is 0 Å². The molecule has 6 nitrogen and oxygen atoms in total. The first-order chi connectivity index (χ1) is 14.2. The molecule has 0 spiro atoms. The molecular weight excluding hydrogens is 429 g/mol. The Morgan fingerprint density at radius 1 is 1.23 bits per heavy atom. The predicted molar refractivity (Wildman–Crippen MR) is 116 cm³/mol. The molecule has 2 aromatic rings. The molecule has 1 unspecified atom stereocenters. The van der Waals surface area contributed by atoms with Crippen molar-refractivity contribution in [2.45, 2.75) is 31.2 Å². The highest BCUT2D eigenvalue weighted by Gasteiger charge is 2.25. The van der Waals surface area contributed by atoms with Crippen LogP contribution in [0.4, 0.5) is 10.1 Å². The first-order valence-electron chi connectivity index (χ1n) is 9.76. The lowest BCUT2D eigenvalue weighted by Crippen LogP contribution is -2.33. The summed E-state index contributed by atoms with van der Waals surface area (Å²) in [5.41, 5.74) is 0.399. The van der Waals surface area contributed by atoms with Gasteiger partial charge in [-0.3, -0.25) is 9.52 Å². The molecule has 0 aliphatic carbocycles. The van der Waals surface area contributed by atoms with Gasteiger partial charge in [0.05, 0.1) is 5.02 Å². The second-order valence-electron chi connectivity index (χ2n) is 7.71. The molecule has 0 aromatic heterocycles. The lowest BCUT2D eigenvalue weighted by Gasteiger charge is -2.20. The molecule has 162 valence electrons. The number of carbonyl (C=O) groups excluding carboxylic acids is 1. The van der Waals surface area contributed by atoms with Crippen molar-refractivity contribution in [3.8, 4) is 0 Å². The minimum Gasteiger partial charge on any atom is -0.352 e. The zero-order valence-electron chi connectivity index (χ0n) is 16.9. The fourth-order valence-corrected chi connectivity index (χ4v) is 5.00. The van der Waals surface area contributed by atoms with E-state index in [-0.39, 0.29) is 27.1 Å². The van der Waals surface area contributed by atoms with Gasteiger partial charge in [0, 0.05) is 30.4 Å². The summed E-state index contributed by atoms with van der Waals surface area (Å²) < 4.78 is 40.8. The molecule has 1 atom stereocenters. The number of anilines is 1. The quantitative estimate of drug-likeness (QED) is 0.669. The van der Waals surface area contributed by atoms with E-state index in [1.165, 1.54) is 30.3 Å². The number of nitrogens with one attached hydrogen (secondary N) is 2. The van der Waals surface area contributed by atoms with Crippen LogP contribution in [0.25, 0.3) is 0 Å². The van der Waals surface area contributed by atoms with Gasteiger partial charge in [-0.25, -0.2) is 12.8 Å². The summed E-state index contributed by atoms with van der Waals surface area (Å²) in [5, 5.41) is 2.88. The molecule has 3 rings (SSSR count). The van der Waals surface area contributed by atoms with Gasteiger partial charge in [-0.1, -0.05) is 11.6 Å². The third-order valence-electron chi connectivity index (χ3n) is 5.18. The van der Waals surface area contributed by atoms with Gasteiger partial charge in [0.2, 0.25) is 0 Å². The van der Waals surface area contributed by atoms with Crippen molar-refractivity contribution in [2.75, 3.05) is 24.4 Å². The van der Waals surface area contributed by atoms with Crippen LogP contribution in [0.5, 0.6) is 0 Å². The highest BCUT2D eigenvalue weighted by Crippen LogP contribution is 2.25. The molecule has 0 bridgehead atoms. The Labute approximate surface area is 181 Å². The van der Waals surface area contributed by atoms with Crippen LogP contribution >= 0.6 is 11.6 Å². The summed E-state index contributed by atoms with van der Waals surface area (Å²) in [7, 11) is -4.05. The maximum atomic E-state index is 13.0. The summed E-state index contributed by atoms with van der Waals surface area (Å²) in [5.74, 6) is -0.465. The molecule has 1 heterocycles. The first-order valence-corrected chi connectivity index (χ1v) is 11.6. The number of likely N-dealkylation sites (tertiary alicyclic amines) is 1. The Balaban J connectivity index is 1.69. The average Bonchev–Trinajstić information content (AvgIpc) is 3.17. The zero-order chi connectivity index (χ0) is 21.9. The molecule has 1 saturated heterocycles. The summed E-state index contributed by atoms with van der Waals surface area (Å²) in [6.07, 6.45) is 1.01. The number of nitrogens with zero attached hydrogens (tertiary/aromatic N) is 1. The van der Waals surface area contributed by atoms with Crippen molar-refractivity contribution < 1.29 is 17.6 Å². The van der Waals surface area contributed by atoms with E-state index >= 15 is 0 Å². The first kappa shape index (κ1) is 22.5. The standard InChI is InChI=1S/C21H25ClFN3O3S/c1-14(2)26-10-9-15(13-26)12-24-21(27)16-3-8-19(22)20(11-16)30(28,29)25-18-6-4-17(23)5-7-18/h3-8,11,14-15,25H,9-10,12-13H2,1-2H3,(H,24,27). The number of benzene rings is 2. The van der Waals surface area contributed by atoms with Crippen LogP contribution < -0.4 is 10.0 Å². The van der Waals surface area contributed by atoms with Crippen LogP contribution in [-0.4, -0.2) is 44.9 Å². The molecule has 0 radical (unpaired) electrons. The van der Waals surface area contributed by atoms with Gasteiger partial charge < -0.3 is 10.2 Å². The fourth-order valence-electron chi connectivity index (χ4n) is 3.42. The number of hydrogen-bond donors (Lipinski definition) is 2. The number of carbonyl (C=O) groups is 1. The minimum atomic E-state index is -4.05. The number of hydrogen-bond acceptors (Lipinski definition) is 4. The van der Waals surface area contributed by atoms with E-state index in [0.29, 0.717) is 18.5 Å². The Morgan fingerprint density at radius 2 is 1.93 bits per heavy atom. The van der Waals surface area contributed by atoms with Crippen LogP contribution in [0, 0.1) is 11.7 Å². The number of amides is 1. The van der Waals surface area contributed by atoms with E-state index in [2.05, 4.69) is 28.8 Å². The lowest BCUT2D eigenvalue weighted by atomic mass is 10.1. The summed E-state index contributed by atoms with van der Waals surface area (Å²) in [4.78, 5) is 14.7. The van der Waals surface area contributed by atoms with Crippen LogP contribution in [0.15, 0.2) is 47.4 Å². The Kier molecular flexibility index (Phi) is 7.00. The molecular formula is C21H25ClFN3O3S. The molecule has 9 heteroatoms. The van der Waals surface area contributed by atoms with E-state index in [4.69, 9.17) is 11.6 Å². The topological polar surface area (TPSA) is 78.5 Å². The molecule has 30 heavy (non-hydrogen) atoms. The Morgan fingerprint density at radius 3 is 2.57 bits per heavy atom. The molecule has 2 N–H and O–H groups in total. The van der Waals surface area contributed by atoms with Gasteiger partial charge in [-0.05, 0) is 75.2 Å². The molecule has 1 fully saturated rings. The van der Waals surface area contributed by atoms with Crippen molar-refractivity contribution in [2.24, 2.45) is 5.92 Å². The largest absolute Gasteiger partial charge is 0.352 e. The van der Waals surface area contributed by atoms with E-state index in [9.17, 15) is 17.6 Å². The fraction of sp³-hybridized carbons (Fsp3) is 0.381. The van der Waals surface area contributed by atoms with Crippen molar-refractivity contribution in [3.05, 3.63) is 58.9 Å². The minimum absolute atomic E-state index is 0.00969. The van der Waals surface area contributed by atoms with Gasteiger partial charge >= 0.3 is 0 Å². The van der Waals surface area contributed by atoms with Gasteiger partial charge in [-0.2, -0.15) is 0 Å². The maximum Gasteiger partial charge on any atom is 0.263 e. The van der Waals surface area contributed by atoms with Crippen LogP contribution in [-0.2, 0) is 10.0 Å². The van der Waals surface area contributed by atoms with Crippen LogP contribution in [0.3, 0.4) is 0 Å². The van der Waals surface area contributed by atoms with Crippen LogP contribution in [0.2, 0.25) is 5.02 Å². The second-order valence-corrected chi connectivity index (χ2v) is 9.77. The summed E-state index contributed by atoms with van der Waals surface area (Å²) in [6, 6.07) is 9.50. The van der Waals surface area contributed by atoms with Gasteiger partial charge in [-0.15, -0.1) is 0 Å². The highest BCUT2D eigenvalue weighted by molar-refractivity contribution is 7.92. The molecule has 2 aromatic carbocycles. The van der Waals surface area contributed by atoms with Crippen molar-refractivity contribution >= 4 is 33.2 Å². The molecule has 1 amide bonds. The number of rotatable bonds is 7. The number of halogens is 2. The Bertz CT molecular complexity index is 1010. The summed E-state index contributed by atoms with van der Waals surface area (Å²) >= 11 is 6.09. The van der Waals surface area contributed by atoms with E-state index < -0.39 is 15.8 Å². The number of sulfonamides is 1. The normalized spacial score (nSPS) is 17.3. The predicted octanol–water partition coefficient (Wildman–Crippen LogP) is 3.74. The lowest BCUT2D eigenvalue weighted by molar-refractivity contribution is 0.0947. The smallest absolute Gasteiger partial charge is 0.263 e. The van der Waals surface area contributed by atoms with Crippen molar-refractivity contribution in [3.63, 3.8) is 0 Å².